The second kappa shape index (κ2) is 6.43. The molecule has 0 aromatic heterocycles. The Labute approximate surface area is 95.7 Å². The van der Waals surface area contributed by atoms with Gasteiger partial charge in [0.15, 0.2) is 0 Å². The van der Waals surface area contributed by atoms with E-state index in [1.54, 1.807) is 0 Å². The van der Waals surface area contributed by atoms with E-state index in [0.29, 0.717) is 6.42 Å². The third-order valence-electron chi connectivity index (χ3n) is 2.02. The second-order valence-electron chi connectivity index (χ2n) is 3.55. The SMILES string of the molecule is Cc1cccc(C[C@H](N)CC(=O)O)c1.Cl. The van der Waals surface area contributed by atoms with Crippen molar-refractivity contribution in [1.82, 2.24) is 0 Å². The maximum atomic E-state index is 10.4. The van der Waals surface area contributed by atoms with Crippen LogP contribution in [0.1, 0.15) is 17.5 Å². The second-order valence-corrected chi connectivity index (χ2v) is 3.55. The van der Waals surface area contributed by atoms with Crippen molar-refractivity contribution >= 4 is 18.4 Å². The summed E-state index contributed by atoms with van der Waals surface area (Å²) in [6.07, 6.45) is 0.641. The first kappa shape index (κ1) is 13.9. The van der Waals surface area contributed by atoms with Crippen LogP contribution in [0.15, 0.2) is 24.3 Å². The average Bonchev–Trinajstić information content (AvgIpc) is 2.01. The largest absolute Gasteiger partial charge is 0.481 e. The van der Waals surface area contributed by atoms with Gasteiger partial charge in [-0.25, -0.2) is 0 Å². The maximum absolute atomic E-state index is 10.4. The third-order valence-corrected chi connectivity index (χ3v) is 2.02. The van der Waals surface area contributed by atoms with Crippen molar-refractivity contribution in [3.8, 4) is 0 Å². The fourth-order valence-corrected chi connectivity index (χ4v) is 1.44. The lowest BCUT2D eigenvalue weighted by atomic mass is 10.0. The van der Waals surface area contributed by atoms with E-state index in [1.807, 2.05) is 31.2 Å². The number of carboxylic acid groups (broad SMARTS) is 1. The number of hydrogen-bond acceptors (Lipinski definition) is 2. The molecule has 0 aliphatic rings. The minimum Gasteiger partial charge on any atom is -0.481 e. The number of aliphatic carboxylic acids is 1. The zero-order valence-electron chi connectivity index (χ0n) is 8.64. The van der Waals surface area contributed by atoms with Gasteiger partial charge >= 0.3 is 5.97 Å². The summed E-state index contributed by atoms with van der Waals surface area (Å²) in [5.41, 5.74) is 7.94. The van der Waals surface area contributed by atoms with Crippen LogP contribution < -0.4 is 5.73 Å². The molecule has 1 rings (SSSR count). The topological polar surface area (TPSA) is 63.3 Å². The minimum atomic E-state index is -0.842. The molecule has 1 aromatic carbocycles. The van der Waals surface area contributed by atoms with E-state index in [0.717, 1.165) is 5.56 Å². The molecule has 1 aromatic rings. The lowest BCUT2D eigenvalue weighted by Gasteiger charge is -2.08. The summed E-state index contributed by atoms with van der Waals surface area (Å²) in [6, 6.07) is 7.66. The summed E-state index contributed by atoms with van der Waals surface area (Å²) in [4.78, 5) is 10.4. The highest BCUT2D eigenvalue weighted by Crippen LogP contribution is 2.07. The molecule has 84 valence electrons. The number of rotatable bonds is 4. The van der Waals surface area contributed by atoms with Crippen molar-refractivity contribution in [3.05, 3.63) is 35.4 Å². The van der Waals surface area contributed by atoms with Crippen LogP contribution in [-0.2, 0) is 11.2 Å². The van der Waals surface area contributed by atoms with Gasteiger partial charge in [0.2, 0.25) is 0 Å². The molecule has 0 amide bonds. The van der Waals surface area contributed by atoms with Gasteiger partial charge in [-0.1, -0.05) is 29.8 Å². The van der Waals surface area contributed by atoms with Crippen LogP contribution >= 0.6 is 12.4 Å². The monoisotopic (exact) mass is 229 g/mol. The highest BCUT2D eigenvalue weighted by molar-refractivity contribution is 5.85. The molecule has 3 N–H and O–H groups in total. The first-order chi connectivity index (χ1) is 6.58. The van der Waals surface area contributed by atoms with Crippen LogP contribution in [0.2, 0.25) is 0 Å². The first-order valence-electron chi connectivity index (χ1n) is 4.61. The lowest BCUT2D eigenvalue weighted by Crippen LogP contribution is -2.26. The molecule has 15 heavy (non-hydrogen) atoms. The quantitative estimate of drug-likeness (QED) is 0.827. The van der Waals surface area contributed by atoms with E-state index in [2.05, 4.69) is 0 Å². The van der Waals surface area contributed by atoms with Gasteiger partial charge in [-0.2, -0.15) is 0 Å². The molecule has 0 aliphatic heterocycles. The Hall–Kier alpha value is -1.06. The van der Waals surface area contributed by atoms with Crippen molar-refractivity contribution in [2.24, 2.45) is 5.73 Å². The molecular formula is C11H16ClNO2. The Bertz CT molecular complexity index is 328. The molecule has 0 radical (unpaired) electrons. The van der Waals surface area contributed by atoms with Crippen LogP contribution in [0.25, 0.3) is 0 Å². The smallest absolute Gasteiger partial charge is 0.304 e. The number of carbonyl (C=O) groups is 1. The number of benzene rings is 1. The first-order valence-corrected chi connectivity index (χ1v) is 4.61. The molecule has 0 unspecified atom stereocenters. The molecular weight excluding hydrogens is 214 g/mol. The Morgan fingerprint density at radius 1 is 1.53 bits per heavy atom. The summed E-state index contributed by atoms with van der Waals surface area (Å²) < 4.78 is 0. The zero-order chi connectivity index (χ0) is 10.6. The number of hydrogen-bond donors (Lipinski definition) is 2. The Kier molecular flexibility index (Phi) is 5.97. The Morgan fingerprint density at radius 2 is 2.20 bits per heavy atom. The molecule has 0 bridgehead atoms. The Morgan fingerprint density at radius 3 is 2.73 bits per heavy atom. The molecule has 0 heterocycles. The molecule has 0 fully saturated rings. The molecule has 4 heteroatoms. The van der Waals surface area contributed by atoms with Gasteiger partial charge in [0.1, 0.15) is 0 Å². The van der Waals surface area contributed by atoms with Gasteiger partial charge in [-0.3, -0.25) is 4.79 Å². The molecule has 3 nitrogen and oxygen atoms in total. The highest BCUT2D eigenvalue weighted by Gasteiger charge is 2.08. The van der Waals surface area contributed by atoms with Crippen molar-refractivity contribution in [3.63, 3.8) is 0 Å². The predicted octanol–water partition coefficient (Wildman–Crippen LogP) is 1.76. The van der Waals surface area contributed by atoms with Gasteiger partial charge in [0.05, 0.1) is 6.42 Å². The van der Waals surface area contributed by atoms with Gasteiger partial charge in [0.25, 0.3) is 0 Å². The average molecular weight is 230 g/mol. The fraction of sp³-hybridized carbons (Fsp3) is 0.364. The van der Waals surface area contributed by atoms with Crippen LogP contribution in [0.5, 0.6) is 0 Å². The summed E-state index contributed by atoms with van der Waals surface area (Å²) in [5, 5.41) is 8.54. The van der Waals surface area contributed by atoms with Crippen LogP contribution in [0.3, 0.4) is 0 Å². The number of nitrogens with two attached hydrogens (primary N) is 1. The summed E-state index contributed by atoms with van der Waals surface area (Å²) in [5.74, 6) is -0.842. The number of halogens is 1. The minimum absolute atomic E-state index is 0. The van der Waals surface area contributed by atoms with Crippen LogP contribution in [-0.4, -0.2) is 17.1 Å². The van der Waals surface area contributed by atoms with Crippen molar-refractivity contribution in [2.75, 3.05) is 0 Å². The zero-order valence-corrected chi connectivity index (χ0v) is 9.46. The highest BCUT2D eigenvalue weighted by atomic mass is 35.5. The van der Waals surface area contributed by atoms with E-state index in [9.17, 15) is 4.79 Å². The van der Waals surface area contributed by atoms with Crippen LogP contribution in [0, 0.1) is 6.92 Å². The summed E-state index contributed by atoms with van der Waals surface area (Å²) >= 11 is 0. The van der Waals surface area contributed by atoms with E-state index in [1.165, 1.54) is 5.56 Å². The lowest BCUT2D eigenvalue weighted by molar-refractivity contribution is -0.137. The van der Waals surface area contributed by atoms with E-state index in [4.69, 9.17) is 10.8 Å². The van der Waals surface area contributed by atoms with Crippen molar-refractivity contribution in [2.45, 2.75) is 25.8 Å². The van der Waals surface area contributed by atoms with Crippen molar-refractivity contribution < 1.29 is 9.90 Å². The van der Waals surface area contributed by atoms with E-state index >= 15 is 0 Å². The normalized spacial score (nSPS) is 11.6. The molecule has 0 spiro atoms. The van der Waals surface area contributed by atoms with Gasteiger partial charge in [0, 0.05) is 6.04 Å². The molecule has 1 atom stereocenters. The molecule has 0 saturated carbocycles. The van der Waals surface area contributed by atoms with Crippen LogP contribution in [0.4, 0.5) is 0 Å². The molecule has 0 saturated heterocycles. The molecule has 0 aliphatic carbocycles. The summed E-state index contributed by atoms with van der Waals surface area (Å²) in [6.45, 7) is 2.01. The predicted molar refractivity (Wildman–Crippen MR) is 62.4 cm³/mol. The van der Waals surface area contributed by atoms with Crippen molar-refractivity contribution in [1.29, 1.82) is 0 Å². The Balaban J connectivity index is 0.00000196. The number of carboxylic acids is 1. The fourth-order valence-electron chi connectivity index (χ4n) is 1.44. The maximum Gasteiger partial charge on any atom is 0.304 e. The standard InChI is InChI=1S/C11H15NO2.ClH/c1-8-3-2-4-9(5-8)6-10(12)7-11(13)14;/h2-5,10H,6-7,12H2,1H3,(H,13,14);1H/t10-;/m0./s1. The van der Waals surface area contributed by atoms with E-state index < -0.39 is 5.97 Å². The summed E-state index contributed by atoms with van der Waals surface area (Å²) in [7, 11) is 0. The van der Waals surface area contributed by atoms with E-state index in [-0.39, 0.29) is 24.9 Å². The van der Waals surface area contributed by atoms with Gasteiger partial charge in [-0.15, -0.1) is 12.4 Å². The number of aryl methyl sites for hydroxylation is 1. The third kappa shape index (κ3) is 5.40. The van der Waals surface area contributed by atoms with Gasteiger partial charge in [-0.05, 0) is 18.9 Å². The van der Waals surface area contributed by atoms with Gasteiger partial charge < -0.3 is 10.8 Å².